The number of aryl methyl sites for hydroxylation is 3. The fraction of sp³-hybridized carbons (Fsp3) is 0.154. The fourth-order valence-corrected chi connectivity index (χ4v) is 4.35. The first kappa shape index (κ1) is 23.1. The molecule has 2 aromatic carbocycles. The van der Waals surface area contributed by atoms with Gasteiger partial charge in [-0.3, -0.25) is 19.8 Å². The second kappa shape index (κ2) is 8.72. The molecule has 0 radical (unpaired) electrons. The summed E-state index contributed by atoms with van der Waals surface area (Å²) in [5.74, 6) is -2.14. The summed E-state index contributed by atoms with van der Waals surface area (Å²) in [5.41, 5.74) is 5.35. The summed E-state index contributed by atoms with van der Waals surface area (Å²) in [7, 11) is 0. The number of rotatable bonds is 4. The number of aromatic carboxylic acids is 1. The van der Waals surface area contributed by atoms with Crippen molar-refractivity contribution in [2.45, 2.75) is 27.7 Å². The second-order valence-corrected chi connectivity index (χ2v) is 8.60. The lowest BCUT2D eigenvalue weighted by Gasteiger charge is -2.29. The van der Waals surface area contributed by atoms with Crippen molar-refractivity contribution >= 4 is 46.9 Å². The zero-order valence-corrected chi connectivity index (χ0v) is 20.0. The van der Waals surface area contributed by atoms with Gasteiger partial charge in [0.25, 0.3) is 11.8 Å². The van der Waals surface area contributed by atoms with Crippen molar-refractivity contribution < 1.29 is 19.5 Å². The molecule has 172 valence electrons. The number of para-hydroxylation sites is 1. The molecule has 0 unspecified atom stereocenters. The van der Waals surface area contributed by atoms with Crippen molar-refractivity contribution in [3.63, 3.8) is 0 Å². The minimum atomic E-state index is -1.04. The number of carboxylic acid groups (broad SMARTS) is 1. The molecule has 0 atom stereocenters. The monoisotopic (exact) mass is 473 g/mol. The van der Waals surface area contributed by atoms with Gasteiger partial charge in [0.1, 0.15) is 5.57 Å². The van der Waals surface area contributed by atoms with Gasteiger partial charge in [-0.05, 0) is 93.0 Å². The van der Waals surface area contributed by atoms with E-state index in [1.165, 1.54) is 17.0 Å². The van der Waals surface area contributed by atoms with E-state index in [0.717, 1.165) is 16.8 Å². The number of hydrogen-bond donors (Lipinski definition) is 2. The van der Waals surface area contributed by atoms with Crippen LogP contribution in [-0.2, 0) is 9.59 Å². The molecule has 0 aliphatic carbocycles. The van der Waals surface area contributed by atoms with Crippen LogP contribution in [0.3, 0.4) is 0 Å². The average Bonchev–Trinajstić information content (AvgIpc) is 3.06. The number of carboxylic acids is 1. The summed E-state index contributed by atoms with van der Waals surface area (Å²) in [6, 6.07) is 14.0. The fourth-order valence-electron chi connectivity index (χ4n) is 4.07. The van der Waals surface area contributed by atoms with Crippen LogP contribution in [0.4, 0.5) is 5.69 Å². The quantitative estimate of drug-likeness (QED) is 0.336. The molecule has 4 rings (SSSR count). The highest BCUT2D eigenvalue weighted by molar-refractivity contribution is 7.80. The molecule has 2 amide bonds. The van der Waals surface area contributed by atoms with E-state index in [2.05, 4.69) is 5.32 Å². The highest BCUT2D eigenvalue weighted by Gasteiger charge is 2.35. The van der Waals surface area contributed by atoms with Gasteiger partial charge in [-0.1, -0.05) is 18.2 Å². The van der Waals surface area contributed by atoms with Gasteiger partial charge in [0, 0.05) is 11.4 Å². The lowest BCUT2D eigenvalue weighted by atomic mass is 10.1. The van der Waals surface area contributed by atoms with Gasteiger partial charge in [-0.25, -0.2) is 4.79 Å². The molecule has 0 saturated carbocycles. The van der Waals surface area contributed by atoms with E-state index in [1.54, 1.807) is 28.8 Å². The van der Waals surface area contributed by atoms with Crippen LogP contribution in [0.15, 0.2) is 54.1 Å². The first-order valence-electron chi connectivity index (χ1n) is 10.6. The molecule has 1 aliphatic heterocycles. The Labute approximate surface area is 202 Å². The van der Waals surface area contributed by atoms with E-state index < -0.39 is 17.8 Å². The SMILES string of the molecule is Cc1ccc(N2C(=O)/C(=C/c3cc(C)n(-c4ccccc4C(=O)O)c3C)C(=O)NC2=S)cc1C. The molecule has 0 spiro atoms. The number of anilines is 1. The molecule has 2 N–H and O–H groups in total. The summed E-state index contributed by atoms with van der Waals surface area (Å²) in [4.78, 5) is 39.2. The van der Waals surface area contributed by atoms with Crippen molar-refractivity contribution in [1.82, 2.24) is 9.88 Å². The largest absolute Gasteiger partial charge is 0.478 e. The predicted octanol–water partition coefficient (Wildman–Crippen LogP) is 4.24. The van der Waals surface area contributed by atoms with E-state index in [1.807, 2.05) is 45.9 Å². The van der Waals surface area contributed by atoms with Crippen LogP contribution in [0.1, 0.15) is 38.4 Å². The molecule has 1 saturated heterocycles. The number of carbonyl (C=O) groups is 3. The van der Waals surface area contributed by atoms with Gasteiger partial charge < -0.3 is 9.67 Å². The number of nitrogens with zero attached hydrogens (tertiary/aromatic N) is 2. The Bertz CT molecular complexity index is 1420. The molecular formula is C26H23N3O4S. The predicted molar refractivity (Wildman–Crippen MR) is 134 cm³/mol. The van der Waals surface area contributed by atoms with Gasteiger partial charge in [-0.2, -0.15) is 0 Å². The molecular weight excluding hydrogens is 450 g/mol. The van der Waals surface area contributed by atoms with E-state index in [-0.39, 0.29) is 16.2 Å². The molecule has 1 aliphatic rings. The highest BCUT2D eigenvalue weighted by atomic mass is 32.1. The summed E-state index contributed by atoms with van der Waals surface area (Å²) in [6.45, 7) is 7.57. The van der Waals surface area contributed by atoms with Crippen molar-refractivity contribution in [3.05, 3.63) is 87.7 Å². The zero-order chi connectivity index (χ0) is 24.7. The Kier molecular flexibility index (Phi) is 5.93. The molecule has 3 aromatic rings. The number of hydrogen-bond acceptors (Lipinski definition) is 4. The molecule has 34 heavy (non-hydrogen) atoms. The Morgan fingerprint density at radius 3 is 2.38 bits per heavy atom. The third-order valence-electron chi connectivity index (χ3n) is 6.00. The minimum absolute atomic E-state index is 0.0243. The second-order valence-electron chi connectivity index (χ2n) is 8.21. The Morgan fingerprint density at radius 1 is 1.00 bits per heavy atom. The van der Waals surface area contributed by atoms with E-state index in [0.29, 0.717) is 22.6 Å². The van der Waals surface area contributed by atoms with Gasteiger partial charge in [-0.15, -0.1) is 0 Å². The lowest BCUT2D eigenvalue weighted by Crippen LogP contribution is -2.54. The third-order valence-corrected chi connectivity index (χ3v) is 6.28. The maximum Gasteiger partial charge on any atom is 0.337 e. The first-order valence-corrected chi connectivity index (χ1v) is 11.0. The summed E-state index contributed by atoms with van der Waals surface area (Å²) in [5, 5.41) is 12.2. The number of thiocarbonyl (C=S) groups is 1. The average molecular weight is 474 g/mol. The number of amides is 2. The van der Waals surface area contributed by atoms with Crippen molar-refractivity contribution in [3.8, 4) is 5.69 Å². The van der Waals surface area contributed by atoms with Crippen LogP contribution >= 0.6 is 12.2 Å². The highest BCUT2D eigenvalue weighted by Crippen LogP contribution is 2.28. The van der Waals surface area contributed by atoms with Gasteiger partial charge in [0.2, 0.25) is 0 Å². The summed E-state index contributed by atoms with van der Waals surface area (Å²) in [6.07, 6.45) is 1.52. The van der Waals surface area contributed by atoms with E-state index in [4.69, 9.17) is 12.2 Å². The summed E-state index contributed by atoms with van der Waals surface area (Å²) < 4.78 is 1.80. The molecule has 1 aromatic heterocycles. The molecule has 1 fully saturated rings. The van der Waals surface area contributed by atoms with Crippen LogP contribution in [0.25, 0.3) is 11.8 Å². The lowest BCUT2D eigenvalue weighted by molar-refractivity contribution is -0.122. The van der Waals surface area contributed by atoms with Crippen molar-refractivity contribution in [2.24, 2.45) is 0 Å². The Morgan fingerprint density at radius 2 is 1.71 bits per heavy atom. The van der Waals surface area contributed by atoms with Crippen LogP contribution in [0.2, 0.25) is 0 Å². The van der Waals surface area contributed by atoms with E-state index >= 15 is 0 Å². The number of aromatic nitrogens is 1. The topological polar surface area (TPSA) is 91.6 Å². The standard InChI is InChI=1S/C26H23N3O4S/c1-14-9-10-19(11-15(14)2)29-24(31)21(23(30)27-26(29)34)13-18-12-16(3)28(17(18)4)22-8-6-5-7-20(22)25(32)33/h5-13H,1-4H3,(H,32,33)(H,27,30,34)/b21-13+. The smallest absolute Gasteiger partial charge is 0.337 e. The van der Waals surface area contributed by atoms with Gasteiger partial charge in [0.15, 0.2) is 5.11 Å². The number of benzene rings is 2. The Balaban J connectivity index is 1.80. The molecule has 2 heterocycles. The molecule has 7 nitrogen and oxygen atoms in total. The van der Waals surface area contributed by atoms with Crippen LogP contribution < -0.4 is 10.2 Å². The summed E-state index contributed by atoms with van der Waals surface area (Å²) >= 11 is 5.30. The van der Waals surface area contributed by atoms with Crippen molar-refractivity contribution in [1.29, 1.82) is 0 Å². The Hall–Kier alpha value is -4.04. The third kappa shape index (κ3) is 3.92. The molecule has 0 bridgehead atoms. The molecule has 8 heteroatoms. The van der Waals surface area contributed by atoms with Crippen LogP contribution in [0, 0.1) is 27.7 Å². The maximum atomic E-state index is 13.4. The minimum Gasteiger partial charge on any atom is -0.478 e. The first-order chi connectivity index (χ1) is 16.1. The van der Waals surface area contributed by atoms with Gasteiger partial charge in [0.05, 0.1) is 16.9 Å². The maximum absolute atomic E-state index is 13.4. The van der Waals surface area contributed by atoms with Crippen molar-refractivity contribution in [2.75, 3.05) is 4.90 Å². The van der Waals surface area contributed by atoms with E-state index in [9.17, 15) is 19.5 Å². The van der Waals surface area contributed by atoms with Gasteiger partial charge >= 0.3 is 5.97 Å². The normalized spacial score (nSPS) is 15.1. The number of carbonyl (C=O) groups excluding carboxylic acids is 2. The van der Waals surface area contributed by atoms with Crippen LogP contribution in [0.5, 0.6) is 0 Å². The zero-order valence-electron chi connectivity index (χ0n) is 19.2. The van der Waals surface area contributed by atoms with Crippen LogP contribution in [-0.4, -0.2) is 32.6 Å². The number of nitrogens with one attached hydrogen (secondary N) is 1.